The molecule has 0 radical (unpaired) electrons. The number of nitrogens with zero attached hydrogens (tertiary/aromatic N) is 2. The fourth-order valence-corrected chi connectivity index (χ4v) is 3.85. The lowest BCUT2D eigenvalue weighted by atomic mass is 9.79. The van der Waals surface area contributed by atoms with Gasteiger partial charge in [0.05, 0.1) is 6.33 Å². The maximum absolute atomic E-state index is 12.2. The first-order valence-corrected chi connectivity index (χ1v) is 8.76. The summed E-state index contributed by atoms with van der Waals surface area (Å²) in [4.78, 5) is 3.95. The zero-order valence-corrected chi connectivity index (χ0v) is 12.8. The first-order chi connectivity index (χ1) is 9.56. The largest absolute Gasteiger partial charge is 0.336 e. The number of nitrogens with two attached hydrogens (primary N) is 1. The highest BCUT2D eigenvalue weighted by molar-refractivity contribution is 7.89. The van der Waals surface area contributed by atoms with E-state index in [-0.39, 0.29) is 5.03 Å². The molecule has 1 fully saturated rings. The number of aryl methyl sites for hydroxylation is 1. The molecule has 20 heavy (non-hydrogen) atoms. The number of nitrogens with one attached hydrogen (secondary N) is 1. The molecular formula is C13H24N4O2S. The SMILES string of the molecule is CCn1cnc(S(=O)(=O)NCC2CCCCC2CN)c1. The maximum Gasteiger partial charge on any atom is 0.259 e. The van der Waals surface area contributed by atoms with Gasteiger partial charge in [0, 0.05) is 19.3 Å². The van der Waals surface area contributed by atoms with Gasteiger partial charge >= 0.3 is 0 Å². The van der Waals surface area contributed by atoms with E-state index in [2.05, 4.69) is 9.71 Å². The number of hydrogen-bond acceptors (Lipinski definition) is 4. The van der Waals surface area contributed by atoms with Gasteiger partial charge in [-0.15, -0.1) is 0 Å². The molecule has 2 atom stereocenters. The minimum Gasteiger partial charge on any atom is -0.336 e. The van der Waals surface area contributed by atoms with Gasteiger partial charge in [-0.05, 0) is 38.1 Å². The van der Waals surface area contributed by atoms with Crippen LogP contribution in [0.5, 0.6) is 0 Å². The van der Waals surface area contributed by atoms with Gasteiger partial charge in [-0.3, -0.25) is 0 Å². The average Bonchev–Trinajstić information content (AvgIpc) is 2.95. The minimum atomic E-state index is -3.50. The molecule has 0 amide bonds. The summed E-state index contributed by atoms with van der Waals surface area (Å²) in [6, 6.07) is 0. The van der Waals surface area contributed by atoms with Crippen LogP contribution >= 0.6 is 0 Å². The molecule has 0 aromatic carbocycles. The van der Waals surface area contributed by atoms with Crippen molar-refractivity contribution in [3.05, 3.63) is 12.5 Å². The van der Waals surface area contributed by atoms with Crippen molar-refractivity contribution in [3.63, 3.8) is 0 Å². The summed E-state index contributed by atoms with van der Waals surface area (Å²) in [6.45, 7) is 3.75. The summed E-state index contributed by atoms with van der Waals surface area (Å²) in [5.41, 5.74) is 5.77. The molecule has 7 heteroatoms. The average molecular weight is 300 g/mol. The molecule has 1 aromatic rings. The van der Waals surface area contributed by atoms with E-state index < -0.39 is 10.0 Å². The van der Waals surface area contributed by atoms with Crippen molar-refractivity contribution in [2.45, 2.75) is 44.2 Å². The minimum absolute atomic E-state index is 0.0967. The van der Waals surface area contributed by atoms with Crippen LogP contribution in [0.15, 0.2) is 17.6 Å². The summed E-state index contributed by atoms with van der Waals surface area (Å²) >= 11 is 0. The second kappa shape index (κ2) is 6.69. The molecule has 0 bridgehead atoms. The molecule has 0 saturated heterocycles. The molecule has 1 aliphatic rings. The molecule has 0 aliphatic heterocycles. The summed E-state index contributed by atoms with van der Waals surface area (Å²) in [5.74, 6) is 0.774. The van der Waals surface area contributed by atoms with Gasteiger partial charge in [-0.25, -0.2) is 18.1 Å². The van der Waals surface area contributed by atoms with E-state index in [0.717, 1.165) is 19.3 Å². The summed E-state index contributed by atoms with van der Waals surface area (Å²) in [5, 5.41) is 0.0967. The lowest BCUT2D eigenvalue weighted by Crippen LogP contribution is -2.37. The Balaban J connectivity index is 1.98. The van der Waals surface area contributed by atoms with Gasteiger partial charge in [-0.1, -0.05) is 12.8 Å². The number of imidazole rings is 1. The van der Waals surface area contributed by atoms with Crippen molar-refractivity contribution in [1.29, 1.82) is 0 Å². The Bertz CT molecular complexity index is 526. The van der Waals surface area contributed by atoms with Crippen molar-refractivity contribution in [3.8, 4) is 0 Å². The Morgan fingerprint density at radius 3 is 2.70 bits per heavy atom. The number of rotatable bonds is 6. The quantitative estimate of drug-likeness (QED) is 0.818. The Kier molecular flexibility index (Phi) is 5.17. The van der Waals surface area contributed by atoms with Crippen molar-refractivity contribution in [1.82, 2.24) is 14.3 Å². The molecule has 2 unspecified atom stereocenters. The predicted molar refractivity (Wildman–Crippen MR) is 77.6 cm³/mol. The molecule has 3 N–H and O–H groups in total. The van der Waals surface area contributed by atoms with Crippen molar-refractivity contribution in [2.75, 3.05) is 13.1 Å². The highest BCUT2D eigenvalue weighted by Crippen LogP contribution is 2.28. The molecular weight excluding hydrogens is 276 g/mol. The van der Waals surface area contributed by atoms with Crippen LogP contribution in [0.4, 0.5) is 0 Å². The lowest BCUT2D eigenvalue weighted by Gasteiger charge is -2.30. The van der Waals surface area contributed by atoms with Gasteiger partial charge in [0.25, 0.3) is 10.0 Å². The van der Waals surface area contributed by atoms with Crippen molar-refractivity contribution >= 4 is 10.0 Å². The third-order valence-electron chi connectivity index (χ3n) is 4.15. The summed E-state index contributed by atoms with van der Waals surface area (Å²) < 4.78 is 28.8. The maximum atomic E-state index is 12.2. The van der Waals surface area contributed by atoms with Crippen LogP contribution in [-0.4, -0.2) is 31.1 Å². The second-order valence-corrected chi connectivity index (χ2v) is 7.15. The topological polar surface area (TPSA) is 90.0 Å². The third-order valence-corrected chi connectivity index (χ3v) is 5.46. The Morgan fingerprint density at radius 2 is 2.10 bits per heavy atom. The summed E-state index contributed by atoms with van der Waals surface area (Å²) in [6.07, 6.45) is 7.61. The molecule has 0 spiro atoms. The third kappa shape index (κ3) is 3.59. The smallest absolute Gasteiger partial charge is 0.259 e. The van der Waals surface area contributed by atoms with Gasteiger partial charge in [0.15, 0.2) is 5.03 Å². The number of hydrogen-bond donors (Lipinski definition) is 2. The Morgan fingerprint density at radius 1 is 1.40 bits per heavy atom. The van der Waals surface area contributed by atoms with Crippen LogP contribution in [0.1, 0.15) is 32.6 Å². The van der Waals surface area contributed by atoms with Gasteiger partial charge in [-0.2, -0.15) is 0 Å². The van der Waals surface area contributed by atoms with Crippen LogP contribution in [0.3, 0.4) is 0 Å². The number of aromatic nitrogens is 2. The lowest BCUT2D eigenvalue weighted by molar-refractivity contribution is 0.244. The number of sulfonamides is 1. The van der Waals surface area contributed by atoms with Crippen LogP contribution in [0.2, 0.25) is 0 Å². The molecule has 1 heterocycles. The van der Waals surface area contributed by atoms with Crippen molar-refractivity contribution < 1.29 is 8.42 Å². The van der Waals surface area contributed by atoms with Crippen LogP contribution < -0.4 is 10.5 Å². The first kappa shape index (κ1) is 15.5. The molecule has 6 nitrogen and oxygen atoms in total. The molecule has 1 saturated carbocycles. The van der Waals surface area contributed by atoms with E-state index in [1.807, 2.05) is 6.92 Å². The predicted octanol–water partition coefficient (Wildman–Crippen LogP) is 0.946. The van der Waals surface area contributed by atoms with Crippen LogP contribution in [-0.2, 0) is 16.6 Å². The van der Waals surface area contributed by atoms with Gasteiger partial charge in [0.2, 0.25) is 0 Å². The molecule has 1 aromatic heterocycles. The summed E-state index contributed by atoms with van der Waals surface area (Å²) in [7, 11) is -3.50. The molecule has 114 valence electrons. The van der Waals surface area contributed by atoms with E-state index in [1.165, 1.54) is 12.7 Å². The van der Waals surface area contributed by atoms with E-state index >= 15 is 0 Å². The zero-order chi connectivity index (χ0) is 14.6. The zero-order valence-electron chi connectivity index (χ0n) is 12.0. The standard InChI is InChI=1S/C13H24N4O2S/c1-2-17-9-13(15-10-17)20(18,19)16-8-12-6-4-3-5-11(12)7-14/h9-12,16H,2-8,14H2,1H3. The van der Waals surface area contributed by atoms with E-state index in [1.54, 1.807) is 10.8 Å². The van der Waals surface area contributed by atoms with Crippen molar-refractivity contribution in [2.24, 2.45) is 17.6 Å². The highest BCUT2D eigenvalue weighted by atomic mass is 32.2. The van der Waals surface area contributed by atoms with Crippen LogP contribution in [0.25, 0.3) is 0 Å². The highest BCUT2D eigenvalue weighted by Gasteiger charge is 2.26. The fourth-order valence-electron chi connectivity index (χ4n) is 2.81. The van der Waals surface area contributed by atoms with Gasteiger partial charge < -0.3 is 10.3 Å². The van der Waals surface area contributed by atoms with Gasteiger partial charge in [0.1, 0.15) is 0 Å². The monoisotopic (exact) mass is 300 g/mol. The van der Waals surface area contributed by atoms with E-state index in [9.17, 15) is 8.42 Å². The molecule has 2 rings (SSSR count). The molecule has 1 aliphatic carbocycles. The first-order valence-electron chi connectivity index (χ1n) is 7.28. The van der Waals surface area contributed by atoms with E-state index in [4.69, 9.17) is 5.73 Å². The fraction of sp³-hybridized carbons (Fsp3) is 0.769. The second-order valence-electron chi connectivity index (χ2n) is 5.43. The Labute approximate surface area is 120 Å². The normalized spacial score (nSPS) is 23.9. The Hall–Kier alpha value is -0.920. The van der Waals surface area contributed by atoms with E-state index in [0.29, 0.717) is 31.5 Å². The van der Waals surface area contributed by atoms with Crippen LogP contribution in [0, 0.1) is 11.8 Å².